The van der Waals surface area contributed by atoms with Crippen molar-refractivity contribution in [2.75, 3.05) is 0 Å². The fourth-order valence-electron chi connectivity index (χ4n) is 9.23. The van der Waals surface area contributed by atoms with Crippen LogP contribution >= 0.6 is 11.3 Å². The first-order chi connectivity index (χ1) is 27.3. The Hall–Kier alpha value is -7.08. The minimum absolute atomic E-state index is 0.616. The predicted octanol–water partition coefficient (Wildman–Crippen LogP) is 14.1. The van der Waals surface area contributed by atoms with Crippen LogP contribution in [-0.4, -0.2) is 14.5 Å². The smallest absolute Gasteiger partial charge is 0.236 e. The Kier molecular flexibility index (Phi) is 5.74. The zero-order valence-electron chi connectivity index (χ0n) is 29.2. The van der Waals surface area contributed by atoms with Crippen molar-refractivity contribution in [1.29, 1.82) is 0 Å². The van der Waals surface area contributed by atoms with Crippen molar-refractivity contribution >= 4 is 118 Å². The lowest BCUT2D eigenvalue weighted by atomic mass is 9.91. The molecule has 55 heavy (non-hydrogen) atoms. The summed E-state index contributed by atoms with van der Waals surface area (Å²) in [7, 11) is 0. The highest BCUT2D eigenvalue weighted by Crippen LogP contribution is 2.46. The third kappa shape index (κ3) is 3.94. The summed E-state index contributed by atoms with van der Waals surface area (Å²) >= 11 is 1.81. The van der Waals surface area contributed by atoms with E-state index < -0.39 is 0 Å². The van der Waals surface area contributed by atoms with Gasteiger partial charge in [0.2, 0.25) is 5.95 Å². The molecule has 0 saturated carbocycles. The largest absolute Gasteiger partial charge is 0.452 e. The molecule has 0 saturated heterocycles. The molecule has 4 aromatic heterocycles. The van der Waals surface area contributed by atoms with Gasteiger partial charge >= 0.3 is 0 Å². The van der Waals surface area contributed by atoms with Crippen LogP contribution in [0, 0.1) is 0 Å². The van der Waals surface area contributed by atoms with Gasteiger partial charge in [-0.3, -0.25) is 4.57 Å². The van der Waals surface area contributed by atoms with Gasteiger partial charge in [0.1, 0.15) is 16.8 Å². The van der Waals surface area contributed by atoms with Gasteiger partial charge in [0, 0.05) is 47.3 Å². The molecule has 0 aliphatic carbocycles. The number of thiophene rings is 1. The predicted molar refractivity (Wildman–Crippen MR) is 232 cm³/mol. The molecule has 0 atom stereocenters. The first-order valence-corrected chi connectivity index (χ1v) is 19.4. The van der Waals surface area contributed by atoms with Crippen molar-refractivity contribution in [2.45, 2.75) is 0 Å². The van der Waals surface area contributed by atoms with Crippen LogP contribution in [-0.2, 0) is 0 Å². The van der Waals surface area contributed by atoms with Crippen LogP contribution in [0.25, 0.3) is 124 Å². The number of benzene rings is 9. The maximum atomic E-state index is 6.63. The monoisotopic (exact) mass is 717 g/mol. The second-order valence-corrected chi connectivity index (χ2v) is 15.5. The molecule has 0 aliphatic rings. The van der Waals surface area contributed by atoms with Crippen LogP contribution in [0.3, 0.4) is 0 Å². The van der Waals surface area contributed by atoms with Crippen LogP contribution in [0.2, 0.25) is 0 Å². The molecule has 0 fully saturated rings. The van der Waals surface area contributed by atoms with Crippen molar-refractivity contribution in [2.24, 2.45) is 0 Å². The van der Waals surface area contributed by atoms with Crippen LogP contribution < -0.4 is 0 Å². The van der Waals surface area contributed by atoms with Gasteiger partial charge < -0.3 is 4.42 Å². The molecule has 4 heterocycles. The SMILES string of the molecule is c1ccc2c(c1)ccc1c2c2c3c4ccccc4c4ccccc4c3ccc2n1-c1nc(-c2ccc3c(c2)sc2ccccc23)c2oc3ccccc3c2n1. The molecule has 13 rings (SSSR count). The molecular weight excluding hydrogens is 691 g/mol. The van der Waals surface area contributed by atoms with Crippen molar-refractivity contribution in [3.05, 3.63) is 164 Å². The average molecular weight is 718 g/mol. The first-order valence-electron chi connectivity index (χ1n) is 18.6. The lowest BCUT2D eigenvalue weighted by Gasteiger charge is -2.12. The number of hydrogen-bond acceptors (Lipinski definition) is 4. The average Bonchev–Trinajstić information content (AvgIpc) is 3.92. The highest BCUT2D eigenvalue weighted by molar-refractivity contribution is 7.25. The van der Waals surface area contributed by atoms with Crippen LogP contribution in [0.5, 0.6) is 0 Å². The molecule has 254 valence electrons. The van der Waals surface area contributed by atoms with Gasteiger partial charge in [-0.05, 0) is 74.1 Å². The second kappa shape index (κ2) is 10.8. The summed E-state index contributed by atoms with van der Waals surface area (Å²) in [6.07, 6.45) is 0. The number of aromatic nitrogens is 3. The number of fused-ring (bicyclic) bond motifs is 18. The van der Waals surface area contributed by atoms with E-state index in [9.17, 15) is 0 Å². The fraction of sp³-hybridized carbons (Fsp3) is 0. The number of furan rings is 1. The van der Waals surface area contributed by atoms with Gasteiger partial charge in [-0.15, -0.1) is 11.3 Å². The van der Waals surface area contributed by atoms with E-state index in [2.05, 4.69) is 156 Å². The van der Waals surface area contributed by atoms with Gasteiger partial charge in [0.05, 0.1) is 11.0 Å². The Morgan fingerprint density at radius 3 is 1.87 bits per heavy atom. The number of rotatable bonds is 2. The minimum Gasteiger partial charge on any atom is -0.452 e. The van der Waals surface area contributed by atoms with E-state index in [-0.39, 0.29) is 0 Å². The van der Waals surface area contributed by atoms with Gasteiger partial charge in [-0.1, -0.05) is 127 Å². The van der Waals surface area contributed by atoms with Gasteiger partial charge in [-0.2, -0.15) is 0 Å². The lowest BCUT2D eigenvalue weighted by molar-refractivity contribution is 0.666. The minimum atomic E-state index is 0.616. The summed E-state index contributed by atoms with van der Waals surface area (Å²) in [5.41, 5.74) is 6.21. The van der Waals surface area contributed by atoms with Crippen molar-refractivity contribution in [3.63, 3.8) is 0 Å². The normalized spacial score (nSPS) is 12.4. The van der Waals surface area contributed by atoms with Gasteiger partial charge in [0.15, 0.2) is 5.58 Å². The molecule has 4 nitrogen and oxygen atoms in total. The van der Waals surface area contributed by atoms with Crippen molar-refractivity contribution in [3.8, 4) is 17.2 Å². The quantitative estimate of drug-likeness (QED) is 0.167. The first kappa shape index (κ1) is 29.4. The Morgan fingerprint density at radius 2 is 1.04 bits per heavy atom. The Labute approximate surface area is 317 Å². The molecule has 9 aromatic carbocycles. The van der Waals surface area contributed by atoms with Gasteiger partial charge in [-0.25, -0.2) is 9.97 Å². The highest BCUT2D eigenvalue weighted by atomic mass is 32.1. The summed E-state index contributed by atoms with van der Waals surface area (Å²) in [5, 5.41) is 15.8. The summed E-state index contributed by atoms with van der Waals surface area (Å²) in [6, 6.07) is 58.9. The number of para-hydroxylation sites is 1. The molecule has 0 spiro atoms. The van der Waals surface area contributed by atoms with Gasteiger partial charge in [0.25, 0.3) is 0 Å². The van der Waals surface area contributed by atoms with E-state index in [1.165, 1.54) is 74.0 Å². The highest BCUT2D eigenvalue weighted by Gasteiger charge is 2.24. The zero-order chi connectivity index (χ0) is 35.8. The molecule has 0 amide bonds. The zero-order valence-corrected chi connectivity index (χ0v) is 30.1. The second-order valence-electron chi connectivity index (χ2n) is 14.4. The summed E-state index contributed by atoms with van der Waals surface area (Å²) < 4.78 is 11.4. The fourth-order valence-corrected chi connectivity index (χ4v) is 10.4. The molecular formula is C50H27N3OS. The maximum absolute atomic E-state index is 6.63. The maximum Gasteiger partial charge on any atom is 0.236 e. The standard InChI is InChI=1S/C50H27N3OS/c1-2-12-30-28(11-1)22-25-39-45(30)46-40(26-24-37-33-15-4-3-13-31(33)32-14-5-6-17-36(32)44(37)46)53(39)50-51-47(49-48(52-50)38-18-7-9-19-41(38)54-49)29-21-23-35-34-16-8-10-20-42(34)55-43(35)27-29/h1-27H. The third-order valence-electron chi connectivity index (χ3n) is 11.6. The van der Waals surface area contributed by atoms with E-state index >= 15 is 0 Å². The van der Waals surface area contributed by atoms with Crippen molar-refractivity contribution < 1.29 is 4.42 Å². The van der Waals surface area contributed by atoms with E-state index in [0.29, 0.717) is 11.5 Å². The molecule has 0 radical (unpaired) electrons. The van der Waals surface area contributed by atoms with E-state index in [0.717, 1.165) is 38.8 Å². The summed E-state index contributed by atoms with van der Waals surface area (Å²) in [5.74, 6) is 0.616. The molecule has 0 N–H and O–H groups in total. The molecule has 13 aromatic rings. The van der Waals surface area contributed by atoms with Crippen LogP contribution in [0.15, 0.2) is 168 Å². The molecule has 5 heteroatoms. The third-order valence-corrected chi connectivity index (χ3v) is 12.7. The Balaban J connectivity index is 1.21. The van der Waals surface area contributed by atoms with Crippen molar-refractivity contribution in [1.82, 2.24) is 14.5 Å². The molecule has 0 bridgehead atoms. The van der Waals surface area contributed by atoms with E-state index in [4.69, 9.17) is 14.4 Å². The van der Waals surface area contributed by atoms with Crippen LogP contribution in [0.1, 0.15) is 0 Å². The van der Waals surface area contributed by atoms with Crippen LogP contribution in [0.4, 0.5) is 0 Å². The summed E-state index contributed by atoms with van der Waals surface area (Å²) in [6.45, 7) is 0. The number of nitrogens with zero attached hydrogens (tertiary/aromatic N) is 3. The van der Waals surface area contributed by atoms with E-state index in [1.54, 1.807) is 0 Å². The Bertz CT molecular complexity index is 3760. The lowest BCUT2D eigenvalue weighted by Crippen LogP contribution is -2.03. The van der Waals surface area contributed by atoms with E-state index in [1.807, 2.05) is 23.5 Å². The molecule has 0 unspecified atom stereocenters. The topological polar surface area (TPSA) is 43.9 Å². The Morgan fingerprint density at radius 1 is 0.436 bits per heavy atom. The number of hydrogen-bond donors (Lipinski definition) is 0. The molecule has 0 aliphatic heterocycles. The summed E-state index contributed by atoms with van der Waals surface area (Å²) in [4.78, 5) is 10.9.